The van der Waals surface area contributed by atoms with E-state index in [2.05, 4.69) is 40.6 Å². The molecule has 1 fully saturated rings. The lowest BCUT2D eigenvalue weighted by atomic mass is 10.2. The molecule has 6 heteroatoms. The van der Waals surface area contributed by atoms with Crippen molar-refractivity contribution in [2.75, 3.05) is 45.3 Å². The summed E-state index contributed by atoms with van der Waals surface area (Å²) in [5, 5.41) is 3.21. The number of ether oxygens (including phenoxy) is 2. The number of benzene rings is 2. The summed E-state index contributed by atoms with van der Waals surface area (Å²) in [4.78, 5) is 8.94. The Balaban J connectivity index is 1.38. The van der Waals surface area contributed by atoms with Crippen molar-refractivity contribution in [3.05, 3.63) is 59.6 Å². The third kappa shape index (κ3) is 4.13. The molecule has 0 bridgehead atoms. The van der Waals surface area contributed by atoms with Crippen molar-refractivity contribution in [3.8, 4) is 22.1 Å². The van der Waals surface area contributed by atoms with E-state index in [-0.39, 0.29) is 0 Å². The maximum atomic E-state index is 5.42. The topological polar surface area (TPSA) is 39.0 Å². The van der Waals surface area contributed by atoms with E-state index in [4.69, 9.17) is 14.5 Å². The van der Waals surface area contributed by atoms with Gasteiger partial charge in [-0.1, -0.05) is 18.2 Å². The van der Waals surface area contributed by atoms with Gasteiger partial charge in [-0.3, -0.25) is 0 Å². The van der Waals surface area contributed by atoms with Gasteiger partial charge in [0.15, 0.2) is 11.5 Å². The molecule has 1 aromatic heterocycles. The Bertz CT molecular complexity index is 905. The second-order valence-corrected chi connectivity index (χ2v) is 7.82. The fourth-order valence-electron chi connectivity index (χ4n) is 3.64. The molecule has 1 saturated heterocycles. The Morgan fingerprint density at radius 2 is 1.75 bits per heavy atom. The molecular formula is C22H26N3O2S+. The van der Waals surface area contributed by atoms with Crippen LogP contribution in [-0.2, 0) is 6.54 Å². The van der Waals surface area contributed by atoms with Gasteiger partial charge in [-0.15, -0.1) is 11.3 Å². The molecule has 2 aromatic carbocycles. The number of nitrogens with zero attached hydrogens (tertiary/aromatic N) is 2. The number of thiazole rings is 1. The molecule has 0 amide bonds. The first-order valence-electron chi connectivity index (χ1n) is 9.57. The van der Waals surface area contributed by atoms with Gasteiger partial charge in [0.05, 0.1) is 40.4 Å². The van der Waals surface area contributed by atoms with Gasteiger partial charge in [-0.25, -0.2) is 4.98 Å². The van der Waals surface area contributed by atoms with Crippen LogP contribution >= 0.6 is 11.3 Å². The van der Waals surface area contributed by atoms with E-state index in [1.54, 1.807) is 30.5 Å². The van der Waals surface area contributed by atoms with E-state index in [1.165, 1.54) is 5.69 Å². The first kappa shape index (κ1) is 18.8. The number of hydrogen-bond donors (Lipinski definition) is 1. The van der Waals surface area contributed by atoms with E-state index in [0.717, 1.165) is 60.5 Å². The highest BCUT2D eigenvalue weighted by molar-refractivity contribution is 7.13. The van der Waals surface area contributed by atoms with Crippen LogP contribution in [-0.4, -0.2) is 45.4 Å². The predicted molar refractivity (Wildman–Crippen MR) is 114 cm³/mol. The van der Waals surface area contributed by atoms with Crippen LogP contribution in [0.25, 0.3) is 10.6 Å². The van der Waals surface area contributed by atoms with Crippen molar-refractivity contribution in [1.82, 2.24) is 4.98 Å². The second-order valence-electron chi connectivity index (χ2n) is 6.96. The molecule has 28 heavy (non-hydrogen) atoms. The highest BCUT2D eigenvalue weighted by atomic mass is 32.1. The summed E-state index contributed by atoms with van der Waals surface area (Å²) in [6.45, 7) is 5.43. The fourth-order valence-corrected chi connectivity index (χ4v) is 4.46. The van der Waals surface area contributed by atoms with Crippen molar-refractivity contribution in [2.45, 2.75) is 6.54 Å². The second kappa shape index (κ2) is 8.63. The number of piperazine rings is 1. The third-order valence-corrected chi connectivity index (χ3v) is 6.15. The van der Waals surface area contributed by atoms with Gasteiger partial charge in [-0.05, 0) is 30.3 Å². The van der Waals surface area contributed by atoms with Crippen molar-refractivity contribution in [2.24, 2.45) is 0 Å². The quantitative estimate of drug-likeness (QED) is 0.695. The Labute approximate surface area is 170 Å². The summed E-state index contributed by atoms with van der Waals surface area (Å²) in [5.74, 6) is 1.48. The van der Waals surface area contributed by atoms with Crippen molar-refractivity contribution in [1.29, 1.82) is 0 Å². The molecule has 1 N–H and O–H groups in total. The minimum absolute atomic E-state index is 0.736. The van der Waals surface area contributed by atoms with Crippen LogP contribution in [0.2, 0.25) is 0 Å². The molecule has 146 valence electrons. The lowest BCUT2D eigenvalue weighted by Crippen LogP contribution is -3.13. The average Bonchev–Trinajstić information content (AvgIpc) is 3.23. The molecule has 5 nitrogen and oxygen atoms in total. The largest absolute Gasteiger partial charge is 0.493 e. The third-order valence-electron chi connectivity index (χ3n) is 5.21. The van der Waals surface area contributed by atoms with Gasteiger partial charge in [0.25, 0.3) is 0 Å². The van der Waals surface area contributed by atoms with Crippen LogP contribution in [0.4, 0.5) is 5.69 Å². The van der Waals surface area contributed by atoms with E-state index in [1.807, 2.05) is 18.2 Å². The zero-order valence-electron chi connectivity index (χ0n) is 16.4. The molecule has 1 aliphatic heterocycles. The van der Waals surface area contributed by atoms with E-state index in [0.29, 0.717) is 0 Å². The highest BCUT2D eigenvalue weighted by Gasteiger charge is 2.21. The minimum atomic E-state index is 0.736. The summed E-state index contributed by atoms with van der Waals surface area (Å²) in [5.41, 5.74) is 3.56. The zero-order chi connectivity index (χ0) is 19.3. The molecule has 0 aliphatic carbocycles. The molecule has 1 aliphatic rings. The van der Waals surface area contributed by atoms with E-state index >= 15 is 0 Å². The number of rotatable bonds is 6. The van der Waals surface area contributed by atoms with Crippen LogP contribution in [0, 0.1) is 0 Å². The van der Waals surface area contributed by atoms with E-state index in [9.17, 15) is 0 Å². The monoisotopic (exact) mass is 396 g/mol. The Morgan fingerprint density at radius 1 is 1.00 bits per heavy atom. The predicted octanol–water partition coefficient (Wildman–Crippen LogP) is 2.73. The maximum absolute atomic E-state index is 5.42. The smallest absolute Gasteiger partial charge is 0.161 e. The molecule has 0 saturated carbocycles. The number of aromatic nitrogens is 1. The molecule has 0 atom stereocenters. The average molecular weight is 397 g/mol. The SMILES string of the molecule is COc1ccc(-c2nc(C[NH+]3CCN(c4ccccc4)CC3)cs2)cc1OC. The van der Waals surface area contributed by atoms with Gasteiger partial charge < -0.3 is 19.3 Å². The summed E-state index contributed by atoms with van der Waals surface area (Å²) < 4.78 is 10.7. The van der Waals surface area contributed by atoms with Crippen LogP contribution in [0.3, 0.4) is 0 Å². The number of hydrogen-bond acceptors (Lipinski definition) is 5. The van der Waals surface area contributed by atoms with Gasteiger partial charge in [0.1, 0.15) is 17.2 Å². The van der Waals surface area contributed by atoms with Gasteiger partial charge in [0.2, 0.25) is 0 Å². The number of para-hydroxylation sites is 1. The van der Waals surface area contributed by atoms with Crippen molar-refractivity contribution in [3.63, 3.8) is 0 Å². The van der Waals surface area contributed by atoms with Gasteiger partial charge in [0, 0.05) is 16.6 Å². The molecule has 0 spiro atoms. The Kier molecular flexibility index (Phi) is 5.78. The summed E-state index contributed by atoms with van der Waals surface area (Å²) in [6.07, 6.45) is 0. The number of quaternary nitrogens is 1. The molecular weight excluding hydrogens is 370 g/mol. The minimum Gasteiger partial charge on any atom is -0.493 e. The zero-order valence-corrected chi connectivity index (χ0v) is 17.2. The molecule has 2 heterocycles. The normalized spacial score (nSPS) is 14.9. The van der Waals surface area contributed by atoms with Gasteiger partial charge >= 0.3 is 0 Å². The number of anilines is 1. The highest BCUT2D eigenvalue weighted by Crippen LogP contribution is 2.33. The first-order chi connectivity index (χ1) is 13.8. The molecule has 0 radical (unpaired) electrons. The fraction of sp³-hybridized carbons (Fsp3) is 0.318. The standard InChI is InChI=1S/C22H25N3O2S/c1-26-20-9-8-17(14-21(20)27-2)22-23-18(16-28-22)15-24-10-12-25(13-11-24)19-6-4-3-5-7-19/h3-9,14,16H,10-13,15H2,1-2H3/p+1. The first-order valence-corrected chi connectivity index (χ1v) is 10.4. The van der Waals surface area contributed by atoms with Crippen molar-refractivity contribution >= 4 is 17.0 Å². The summed E-state index contributed by atoms with van der Waals surface area (Å²) >= 11 is 1.69. The summed E-state index contributed by atoms with van der Waals surface area (Å²) in [6, 6.07) is 16.6. The Morgan fingerprint density at radius 3 is 2.46 bits per heavy atom. The van der Waals surface area contributed by atoms with Crippen LogP contribution in [0.5, 0.6) is 11.5 Å². The lowest BCUT2D eigenvalue weighted by molar-refractivity contribution is -0.914. The maximum Gasteiger partial charge on any atom is 0.161 e. The number of nitrogens with one attached hydrogen (secondary N) is 1. The van der Waals surface area contributed by atoms with Crippen LogP contribution in [0.15, 0.2) is 53.9 Å². The Hall–Kier alpha value is -2.57. The molecule has 3 aromatic rings. The summed E-state index contributed by atoms with van der Waals surface area (Å²) in [7, 11) is 3.31. The number of methoxy groups -OCH3 is 2. The van der Waals surface area contributed by atoms with Crippen LogP contribution in [0.1, 0.15) is 5.69 Å². The van der Waals surface area contributed by atoms with Crippen molar-refractivity contribution < 1.29 is 14.4 Å². The lowest BCUT2D eigenvalue weighted by Gasteiger charge is -2.33. The van der Waals surface area contributed by atoms with Gasteiger partial charge in [-0.2, -0.15) is 0 Å². The molecule has 0 unspecified atom stereocenters. The van der Waals surface area contributed by atoms with E-state index < -0.39 is 0 Å². The molecule has 4 rings (SSSR count). The van der Waals surface area contributed by atoms with Crippen LogP contribution < -0.4 is 19.3 Å².